The molecule has 1 aliphatic heterocycles. The summed E-state index contributed by atoms with van der Waals surface area (Å²) in [6.45, 7) is 6.07. The molecule has 0 amide bonds. The third-order valence-corrected chi connectivity index (χ3v) is 5.64. The van der Waals surface area contributed by atoms with E-state index < -0.39 is 11.6 Å². The first-order chi connectivity index (χ1) is 14.5. The SMILES string of the molecule is C=CCc1c(F)cc(CCCCCC2CC/N=C\C(Cl)=C/N(C)CNCC2)cc1F. The molecule has 1 aliphatic rings. The van der Waals surface area contributed by atoms with Gasteiger partial charge in [-0.3, -0.25) is 10.3 Å². The molecule has 166 valence electrons. The van der Waals surface area contributed by atoms with E-state index in [9.17, 15) is 8.78 Å². The summed E-state index contributed by atoms with van der Waals surface area (Å²) in [5.41, 5.74) is 0.840. The molecule has 0 saturated heterocycles. The van der Waals surface area contributed by atoms with E-state index in [0.29, 0.717) is 17.4 Å². The highest BCUT2D eigenvalue weighted by atomic mass is 35.5. The average Bonchev–Trinajstić information content (AvgIpc) is 2.69. The smallest absolute Gasteiger partial charge is 0.129 e. The Labute approximate surface area is 184 Å². The van der Waals surface area contributed by atoms with Crippen LogP contribution in [0.5, 0.6) is 0 Å². The second kappa shape index (κ2) is 13.6. The maximum atomic E-state index is 14.0. The van der Waals surface area contributed by atoms with Crippen LogP contribution in [0.2, 0.25) is 0 Å². The first-order valence-electron chi connectivity index (χ1n) is 10.9. The van der Waals surface area contributed by atoms with Gasteiger partial charge in [-0.2, -0.15) is 0 Å². The zero-order valence-electron chi connectivity index (χ0n) is 18.0. The number of halogens is 3. The molecule has 0 saturated carbocycles. The number of nitrogens with one attached hydrogen (secondary N) is 1. The lowest BCUT2D eigenvalue weighted by Gasteiger charge is -2.20. The van der Waals surface area contributed by atoms with Crippen LogP contribution < -0.4 is 5.32 Å². The van der Waals surface area contributed by atoms with Crippen molar-refractivity contribution in [2.45, 2.75) is 51.4 Å². The van der Waals surface area contributed by atoms with Gasteiger partial charge in [0.25, 0.3) is 0 Å². The molecule has 0 aromatic heterocycles. The molecule has 1 unspecified atom stereocenters. The minimum atomic E-state index is -0.466. The lowest BCUT2D eigenvalue weighted by atomic mass is 9.93. The average molecular weight is 438 g/mol. The van der Waals surface area contributed by atoms with Crippen LogP contribution in [0.4, 0.5) is 8.78 Å². The van der Waals surface area contributed by atoms with Crippen LogP contribution in [0.15, 0.2) is 41.0 Å². The van der Waals surface area contributed by atoms with E-state index in [0.717, 1.165) is 63.8 Å². The van der Waals surface area contributed by atoms with Gasteiger partial charge in [0, 0.05) is 31.6 Å². The lowest BCUT2D eigenvalue weighted by Crippen LogP contribution is -2.29. The summed E-state index contributed by atoms with van der Waals surface area (Å²) in [6.07, 6.45) is 12.5. The molecule has 6 heteroatoms. The Balaban J connectivity index is 1.75. The molecule has 30 heavy (non-hydrogen) atoms. The summed E-state index contributed by atoms with van der Waals surface area (Å²) >= 11 is 6.15. The predicted molar refractivity (Wildman–Crippen MR) is 123 cm³/mol. The number of aryl methyl sites for hydroxylation is 1. The molecule has 0 bridgehead atoms. The maximum absolute atomic E-state index is 14.0. The first-order valence-corrected chi connectivity index (χ1v) is 11.2. The van der Waals surface area contributed by atoms with Crippen molar-refractivity contribution in [3.8, 4) is 0 Å². The van der Waals surface area contributed by atoms with E-state index in [1.54, 1.807) is 6.21 Å². The fraction of sp³-hybridized carbons (Fsp3) is 0.542. The highest BCUT2D eigenvalue weighted by Crippen LogP contribution is 2.21. The number of nitrogens with zero attached hydrogens (tertiary/aromatic N) is 2. The summed E-state index contributed by atoms with van der Waals surface area (Å²) in [7, 11) is 1.98. The zero-order chi connectivity index (χ0) is 21.8. The number of aliphatic imine (C=N–C) groups is 1. The van der Waals surface area contributed by atoms with Crippen molar-refractivity contribution in [2.75, 3.05) is 26.8 Å². The van der Waals surface area contributed by atoms with Crippen LogP contribution >= 0.6 is 11.6 Å². The van der Waals surface area contributed by atoms with Crippen molar-refractivity contribution in [1.82, 2.24) is 10.2 Å². The van der Waals surface area contributed by atoms with Gasteiger partial charge in [0.1, 0.15) is 11.6 Å². The molecule has 3 nitrogen and oxygen atoms in total. The molecule has 1 aromatic rings. The van der Waals surface area contributed by atoms with Gasteiger partial charge in [-0.1, -0.05) is 36.9 Å². The molecule has 1 aromatic carbocycles. The van der Waals surface area contributed by atoms with Crippen LogP contribution in [-0.4, -0.2) is 37.9 Å². The summed E-state index contributed by atoms with van der Waals surface area (Å²) in [5.74, 6) is -0.311. The second-order valence-electron chi connectivity index (χ2n) is 8.04. The standard InChI is InChI=1S/C24H34ClF2N3/c1-3-7-22-23(26)14-20(15-24(22)27)9-6-4-5-8-19-10-12-28-16-21(25)17-30(2)18-29-13-11-19/h3,14-17,19,29H,1,4-13,18H2,2H3/b21-17+,28-16-. The van der Waals surface area contributed by atoms with Gasteiger partial charge in [-0.15, -0.1) is 6.58 Å². The van der Waals surface area contributed by atoms with Crippen LogP contribution in [0.3, 0.4) is 0 Å². The van der Waals surface area contributed by atoms with Crippen molar-refractivity contribution in [3.63, 3.8) is 0 Å². The fourth-order valence-electron chi connectivity index (χ4n) is 3.77. The van der Waals surface area contributed by atoms with E-state index in [-0.39, 0.29) is 12.0 Å². The monoisotopic (exact) mass is 437 g/mol. The minimum Gasteiger partial charge on any atom is -0.366 e. The van der Waals surface area contributed by atoms with Crippen LogP contribution in [0.25, 0.3) is 0 Å². The first kappa shape index (κ1) is 24.5. The molecule has 2 rings (SSSR count). The van der Waals surface area contributed by atoms with Crippen LogP contribution in [0.1, 0.15) is 49.7 Å². The summed E-state index contributed by atoms with van der Waals surface area (Å²) in [5, 5.41) is 4.09. The van der Waals surface area contributed by atoms with E-state index in [1.807, 2.05) is 18.1 Å². The van der Waals surface area contributed by atoms with Crippen molar-refractivity contribution < 1.29 is 8.78 Å². The largest absolute Gasteiger partial charge is 0.366 e. The van der Waals surface area contributed by atoms with E-state index in [1.165, 1.54) is 18.2 Å². The number of hydrogen-bond donors (Lipinski definition) is 1. The van der Waals surface area contributed by atoms with Crippen molar-refractivity contribution in [2.24, 2.45) is 10.9 Å². The second-order valence-corrected chi connectivity index (χ2v) is 8.47. The minimum absolute atomic E-state index is 0.107. The summed E-state index contributed by atoms with van der Waals surface area (Å²) in [6, 6.07) is 2.93. The number of rotatable bonds is 8. The Kier molecular flexibility index (Phi) is 11.1. The van der Waals surface area contributed by atoms with Crippen molar-refractivity contribution in [3.05, 3.63) is 58.8 Å². The van der Waals surface area contributed by atoms with Gasteiger partial charge < -0.3 is 4.90 Å². The topological polar surface area (TPSA) is 27.6 Å². The molecule has 1 heterocycles. The highest BCUT2D eigenvalue weighted by Gasteiger charge is 2.11. The third-order valence-electron chi connectivity index (χ3n) is 5.44. The Bertz CT molecular complexity index is 710. The number of hydrogen-bond acceptors (Lipinski definition) is 3. The summed E-state index contributed by atoms with van der Waals surface area (Å²) < 4.78 is 28.1. The Hall–Kier alpha value is -1.72. The van der Waals surface area contributed by atoms with E-state index in [4.69, 9.17) is 11.6 Å². The third kappa shape index (κ3) is 8.97. The van der Waals surface area contributed by atoms with Crippen molar-refractivity contribution in [1.29, 1.82) is 0 Å². The summed E-state index contributed by atoms with van der Waals surface area (Å²) in [4.78, 5) is 6.46. The molecule has 0 fully saturated rings. The quantitative estimate of drug-likeness (QED) is 0.409. The van der Waals surface area contributed by atoms with Gasteiger partial charge in [0.15, 0.2) is 0 Å². The molecule has 0 radical (unpaired) electrons. The van der Waals surface area contributed by atoms with Gasteiger partial charge >= 0.3 is 0 Å². The molecule has 0 aliphatic carbocycles. The number of unbranched alkanes of at least 4 members (excludes halogenated alkanes) is 2. The Morgan fingerprint density at radius 3 is 2.73 bits per heavy atom. The Morgan fingerprint density at radius 1 is 1.23 bits per heavy atom. The molecular formula is C24H34ClF2N3. The fourth-order valence-corrected chi connectivity index (χ4v) is 4.01. The van der Waals surface area contributed by atoms with E-state index >= 15 is 0 Å². The van der Waals surface area contributed by atoms with Gasteiger partial charge in [-0.25, -0.2) is 8.78 Å². The number of benzene rings is 1. The molecule has 1 N–H and O–H groups in total. The maximum Gasteiger partial charge on any atom is 0.129 e. The van der Waals surface area contributed by atoms with Crippen molar-refractivity contribution >= 4 is 17.8 Å². The lowest BCUT2D eigenvalue weighted by molar-refractivity contribution is 0.360. The van der Waals surface area contributed by atoms with Crippen LogP contribution in [-0.2, 0) is 12.8 Å². The molecule has 1 atom stereocenters. The predicted octanol–water partition coefficient (Wildman–Crippen LogP) is 5.84. The number of allylic oxidation sites excluding steroid dienone is 2. The van der Waals surface area contributed by atoms with Gasteiger partial charge in [0.05, 0.1) is 11.7 Å². The van der Waals surface area contributed by atoms with E-state index in [2.05, 4.69) is 16.9 Å². The molecule has 0 spiro atoms. The molecular weight excluding hydrogens is 404 g/mol. The Morgan fingerprint density at radius 2 is 2.00 bits per heavy atom. The normalized spacial score (nSPS) is 21.3. The van der Waals surface area contributed by atoms with Gasteiger partial charge in [0.2, 0.25) is 0 Å². The highest BCUT2D eigenvalue weighted by molar-refractivity contribution is 6.39. The van der Waals surface area contributed by atoms with Crippen LogP contribution in [0, 0.1) is 17.6 Å². The zero-order valence-corrected chi connectivity index (χ0v) is 18.7. The van der Waals surface area contributed by atoms with Gasteiger partial charge in [-0.05, 0) is 62.3 Å².